The van der Waals surface area contributed by atoms with Gasteiger partial charge in [-0.3, -0.25) is 0 Å². The number of para-hydroxylation sites is 1. The summed E-state index contributed by atoms with van der Waals surface area (Å²) in [6.45, 7) is 4.00. The van der Waals surface area contributed by atoms with Gasteiger partial charge in [-0.25, -0.2) is 0 Å². The van der Waals surface area contributed by atoms with Gasteiger partial charge in [0.25, 0.3) is 0 Å². The Hall–Kier alpha value is -8.98. The van der Waals surface area contributed by atoms with E-state index in [0.29, 0.717) is 0 Å². The van der Waals surface area contributed by atoms with Gasteiger partial charge in [-0.15, -0.1) is 0 Å². The van der Waals surface area contributed by atoms with Crippen molar-refractivity contribution in [1.82, 2.24) is 4.57 Å². The molecule has 0 fully saturated rings. The summed E-state index contributed by atoms with van der Waals surface area (Å²) >= 11 is 0. The standard InChI is InChI=1S/C66H43NO.C2H6/c1-3-14-44(15-4-1)46-18-9-19-47(36-46)48-20-10-21-49(37-48)50-22-11-23-51(38-50)52-24-12-25-53(39-52)54-26-13-27-55(40-54)57-31-34-65-61(42-57)62-43-58(32-35-66(62)68-65)67-63-29-8-7-28-59(63)60-41-56(30-33-64(60)67)45-16-5-2-6-17-45;1-2/h1-43H;1-2H3. The maximum absolute atomic E-state index is 6.48. The van der Waals surface area contributed by atoms with Gasteiger partial charge >= 0.3 is 0 Å². The molecule has 0 aliphatic carbocycles. The average molecular weight is 896 g/mol. The predicted molar refractivity (Wildman–Crippen MR) is 297 cm³/mol. The fourth-order valence-electron chi connectivity index (χ4n) is 10.2. The number of aromatic nitrogens is 1. The second-order valence-corrected chi connectivity index (χ2v) is 17.7. The van der Waals surface area contributed by atoms with Crippen molar-refractivity contribution < 1.29 is 4.42 Å². The lowest BCUT2D eigenvalue weighted by atomic mass is 9.93. The first-order chi connectivity index (χ1) is 34.7. The largest absolute Gasteiger partial charge is 0.456 e. The molecule has 2 nitrogen and oxygen atoms in total. The molecule has 0 aliphatic rings. The third kappa shape index (κ3) is 7.86. The molecule has 0 atom stereocenters. The van der Waals surface area contributed by atoms with E-state index < -0.39 is 0 Å². The van der Waals surface area contributed by atoms with Gasteiger partial charge in [-0.05, 0) is 157 Å². The first kappa shape index (κ1) is 42.4. The third-order valence-electron chi connectivity index (χ3n) is 13.6. The Kier molecular flexibility index (Phi) is 11.1. The van der Waals surface area contributed by atoms with Gasteiger partial charge in [0, 0.05) is 27.2 Å². The van der Waals surface area contributed by atoms with Crippen LogP contribution in [0.15, 0.2) is 265 Å². The summed E-state index contributed by atoms with van der Waals surface area (Å²) in [5.41, 5.74) is 21.9. The van der Waals surface area contributed by atoms with Gasteiger partial charge in [0.15, 0.2) is 0 Å². The molecule has 0 saturated carbocycles. The first-order valence-electron chi connectivity index (χ1n) is 24.3. The second kappa shape index (κ2) is 18.3. The molecule has 13 aromatic rings. The van der Waals surface area contributed by atoms with Gasteiger partial charge in [0.2, 0.25) is 0 Å². The van der Waals surface area contributed by atoms with Gasteiger partial charge in [-0.1, -0.05) is 196 Å². The molecule has 0 unspecified atom stereocenters. The lowest BCUT2D eigenvalue weighted by molar-refractivity contribution is 0.669. The van der Waals surface area contributed by atoms with Crippen molar-refractivity contribution >= 4 is 43.7 Å². The van der Waals surface area contributed by atoms with E-state index in [9.17, 15) is 0 Å². The summed E-state index contributed by atoms with van der Waals surface area (Å²) in [6.07, 6.45) is 0. The molecule has 0 radical (unpaired) electrons. The molecule has 2 aromatic heterocycles. The van der Waals surface area contributed by atoms with Crippen molar-refractivity contribution in [2.24, 2.45) is 0 Å². The van der Waals surface area contributed by atoms with E-state index in [1.165, 1.54) is 88.6 Å². The minimum atomic E-state index is 0.879. The van der Waals surface area contributed by atoms with Crippen LogP contribution in [0.2, 0.25) is 0 Å². The van der Waals surface area contributed by atoms with Crippen LogP contribution < -0.4 is 0 Å². The van der Waals surface area contributed by atoms with Crippen molar-refractivity contribution in [1.29, 1.82) is 0 Å². The number of hydrogen-bond acceptors (Lipinski definition) is 1. The fraction of sp³-hybridized carbons (Fsp3) is 0.0294. The smallest absolute Gasteiger partial charge is 0.135 e. The molecule has 332 valence electrons. The quantitative estimate of drug-likeness (QED) is 0.149. The van der Waals surface area contributed by atoms with Crippen molar-refractivity contribution in [3.8, 4) is 83.6 Å². The second-order valence-electron chi connectivity index (χ2n) is 17.7. The SMILES string of the molecule is CC.c1ccc(-c2cccc(-c3cccc(-c4cccc(-c5cccc(-c6cccc(-c7ccc8oc9ccc(-n%10c%11ccccc%11c%11cc(-c%12ccccc%12)ccc%11%10)cc9c8c7)c6)c5)c4)c3)c2)cc1. The van der Waals surface area contributed by atoms with E-state index in [4.69, 9.17) is 4.42 Å². The summed E-state index contributed by atoms with van der Waals surface area (Å²) in [5, 5.41) is 4.68. The maximum atomic E-state index is 6.48. The Labute approximate surface area is 409 Å². The van der Waals surface area contributed by atoms with Crippen LogP contribution in [0.5, 0.6) is 0 Å². The highest BCUT2D eigenvalue weighted by Crippen LogP contribution is 2.40. The van der Waals surface area contributed by atoms with Crippen LogP contribution in [0.4, 0.5) is 0 Å². The van der Waals surface area contributed by atoms with Crippen LogP contribution in [0.25, 0.3) is 127 Å². The number of hydrogen-bond donors (Lipinski definition) is 0. The van der Waals surface area contributed by atoms with Gasteiger partial charge < -0.3 is 8.98 Å². The van der Waals surface area contributed by atoms with Crippen molar-refractivity contribution in [2.75, 3.05) is 0 Å². The lowest BCUT2D eigenvalue weighted by Crippen LogP contribution is -1.93. The molecular formula is C68H49NO. The zero-order chi connectivity index (χ0) is 47.0. The molecule has 0 saturated heterocycles. The topological polar surface area (TPSA) is 18.1 Å². The van der Waals surface area contributed by atoms with Gasteiger partial charge in [0.05, 0.1) is 11.0 Å². The summed E-state index contributed by atoms with van der Waals surface area (Å²) < 4.78 is 8.87. The molecule has 11 aromatic carbocycles. The molecule has 0 aliphatic heterocycles. The number of furan rings is 1. The summed E-state index contributed by atoms with van der Waals surface area (Å²) in [5.74, 6) is 0. The lowest BCUT2D eigenvalue weighted by Gasteiger charge is -2.11. The van der Waals surface area contributed by atoms with Gasteiger partial charge in [0.1, 0.15) is 11.2 Å². The molecule has 2 heteroatoms. The number of benzene rings is 11. The van der Waals surface area contributed by atoms with Crippen molar-refractivity contribution in [3.05, 3.63) is 261 Å². The minimum Gasteiger partial charge on any atom is -0.456 e. The highest BCUT2D eigenvalue weighted by Gasteiger charge is 2.16. The molecule has 0 bridgehead atoms. The molecule has 2 heterocycles. The normalized spacial score (nSPS) is 11.3. The van der Waals surface area contributed by atoms with E-state index in [0.717, 1.165) is 38.8 Å². The Morgan fingerprint density at radius 2 is 0.557 bits per heavy atom. The highest BCUT2D eigenvalue weighted by atomic mass is 16.3. The summed E-state index contributed by atoms with van der Waals surface area (Å²) in [4.78, 5) is 0. The number of rotatable bonds is 8. The molecule has 0 spiro atoms. The van der Waals surface area contributed by atoms with E-state index >= 15 is 0 Å². The first-order valence-corrected chi connectivity index (χ1v) is 24.3. The van der Waals surface area contributed by atoms with Crippen LogP contribution in [-0.2, 0) is 0 Å². The highest BCUT2D eigenvalue weighted by molar-refractivity contribution is 6.12. The van der Waals surface area contributed by atoms with Crippen molar-refractivity contribution in [3.63, 3.8) is 0 Å². The van der Waals surface area contributed by atoms with Crippen LogP contribution in [0, 0.1) is 0 Å². The number of fused-ring (bicyclic) bond motifs is 6. The molecular weight excluding hydrogens is 847 g/mol. The van der Waals surface area contributed by atoms with Crippen LogP contribution in [0.3, 0.4) is 0 Å². The zero-order valence-corrected chi connectivity index (χ0v) is 39.2. The van der Waals surface area contributed by atoms with Crippen LogP contribution >= 0.6 is 0 Å². The predicted octanol–water partition coefficient (Wildman–Crippen LogP) is 19.4. The summed E-state index contributed by atoms with van der Waals surface area (Å²) in [6, 6.07) is 94.4. The Bertz CT molecular complexity index is 4020. The minimum absolute atomic E-state index is 0.879. The Balaban J connectivity index is 0.00000249. The molecule has 0 amide bonds. The van der Waals surface area contributed by atoms with E-state index in [-0.39, 0.29) is 0 Å². The third-order valence-corrected chi connectivity index (χ3v) is 13.6. The monoisotopic (exact) mass is 895 g/mol. The van der Waals surface area contributed by atoms with E-state index in [1.54, 1.807) is 0 Å². The summed E-state index contributed by atoms with van der Waals surface area (Å²) in [7, 11) is 0. The van der Waals surface area contributed by atoms with Crippen LogP contribution in [0.1, 0.15) is 13.8 Å². The molecule has 70 heavy (non-hydrogen) atoms. The fourth-order valence-corrected chi connectivity index (χ4v) is 10.2. The Morgan fingerprint density at radius 3 is 1.04 bits per heavy atom. The molecule has 13 rings (SSSR count). The molecule has 0 N–H and O–H groups in total. The Morgan fingerprint density at radius 1 is 0.229 bits per heavy atom. The zero-order valence-electron chi connectivity index (χ0n) is 39.2. The van der Waals surface area contributed by atoms with Crippen molar-refractivity contribution in [2.45, 2.75) is 13.8 Å². The van der Waals surface area contributed by atoms with E-state index in [1.807, 2.05) is 13.8 Å². The van der Waals surface area contributed by atoms with E-state index in [2.05, 4.69) is 265 Å². The van der Waals surface area contributed by atoms with Crippen LogP contribution in [-0.4, -0.2) is 4.57 Å². The maximum Gasteiger partial charge on any atom is 0.135 e. The van der Waals surface area contributed by atoms with Gasteiger partial charge in [-0.2, -0.15) is 0 Å². The number of nitrogens with zero attached hydrogens (tertiary/aromatic N) is 1. The average Bonchev–Trinajstić information content (AvgIpc) is 3.99.